The highest BCUT2D eigenvalue weighted by Gasteiger charge is 2.37. The third-order valence-electron chi connectivity index (χ3n) is 9.70. The Kier molecular flexibility index (Phi) is 24.6. The van der Waals surface area contributed by atoms with Gasteiger partial charge in [0.05, 0.1) is 18.6 Å². The summed E-state index contributed by atoms with van der Waals surface area (Å²) < 4.78 is 0. The number of aliphatic hydroxyl groups is 1. The van der Waals surface area contributed by atoms with Crippen LogP contribution < -0.4 is 48.3 Å². The van der Waals surface area contributed by atoms with Gasteiger partial charge >= 0.3 is 11.9 Å². The van der Waals surface area contributed by atoms with Gasteiger partial charge in [0.25, 0.3) is 0 Å². The fraction of sp³-hybridized carbons (Fsp3) is 0.756. The molecule has 0 radical (unpaired) electrons. The highest BCUT2D eigenvalue weighted by atomic mass is 16.4. The van der Waals surface area contributed by atoms with Crippen LogP contribution in [0.25, 0.3) is 0 Å². The largest absolute Gasteiger partial charge is 0.481 e. The summed E-state index contributed by atoms with van der Waals surface area (Å²) in [5.41, 5.74) is 5.99. The molecule has 8 amide bonds. The number of carbonyl (C=O) groups is 10. The minimum atomic E-state index is -1.72. The van der Waals surface area contributed by atoms with Gasteiger partial charge in [-0.15, -0.1) is 0 Å². The molecule has 0 rings (SSSR count). The predicted molar refractivity (Wildman–Crippen MR) is 230 cm³/mol. The monoisotopic (exact) mass is 900 g/mol. The summed E-state index contributed by atoms with van der Waals surface area (Å²) in [7, 11) is 0. The molecule has 360 valence electrons. The number of carboxylic acids is 2. The molecule has 0 aliphatic carbocycles. The van der Waals surface area contributed by atoms with Gasteiger partial charge in [-0.2, -0.15) is 0 Å². The van der Waals surface area contributed by atoms with Crippen LogP contribution in [0.1, 0.15) is 109 Å². The Morgan fingerprint density at radius 1 is 0.413 bits per heavy atom. The normalized spacial score (nSPS) is 16.3. The van der Waals surface area contributed by atoms with Crippen molar-refractivity contribution in [2.24, 2.45) is 35.3 Å². The smallest absolute Gasteiger partial charge is 0.326 e. The Labute approximate surface area is 369 Å². The molecular weight excluding hydrogens is 827 g/mol. The Morgan fingerprint density at radius 3 is 1.16 bits per heavy atom. The Balaban J connectivity index is 5.93. The van der Waals surface area contributed by atoms with E-state index < -0.39 is 144 Å². The molecule has 0 saturated heterocycles. The number of rotatable bonds is 27. The molecule has 0 bridgehead atoms. The molecule has 0 aliphatic heterocycles. The highest BCUT2D eigenvalue weighted by Crippen LogP contribution is 2.11. The van der Waals surface area contributed by atoms with Gasteiger partial charge in [0.1, 0.15) is 48.3 Å². The number of nitrogens with two attached hydrogens (primary N) is 1. The van der Waals surface area contributed by atoms with Crippen LogP contribution in [0.15, 0.2) is 0 Å². The standard InChI is InChI=1S/C41H73N9O13/c1-17(2)14-25(42)35(56)45-26(15-18(3)4)36(57)46-27(16-28(52)53)37(58)48-30(20(7)8)39(60)50-32(24(13)51)40(61)44-22(11)33(54)43-23(12)34(55)47-29(19(5)6)38(59)49-31(21(9)10)41(62)63/h17-27,29-32,51H,14-16,42H2,1-13H3,(H,43,54)(H,44,61)(H,45,56)(H,46,57)(H,47,55)(H,48,58)(H,49,59)(H,50,60)(H,52,53)(H,62,63)/t22-,23-,24+,25-,26-,27-,29-,30-,31-,32-/m0/s1. The minimum Gasteiger partial charge on any atom is -0.481 e. The Bertz CT molecular complexity index is 1620. The van der Waals surface area contributed by atoms with Gasteiger partial charge in [0.15, 0.2) is 0 Å². The second-order valence-electron chi connectivity index (χ2n) is 17.8. The fourth-order valence-electron chi connectivity index (χ4n) is 6.03. The van der Waals surface area contributed by atoms with Crippen LogP contribution >= 0.6 is 0 Å². The van der Waals surface area contributed by atoms with Crippen LogP contribution in [-0.2, 0) is 47.9 Å². The Morgan fingerprint density at radius 2 is 0.762 bits per heavy atom. The van der Waals surface area contributed by atoms with Gasteiger partial charge in [0.2, 0.25) is 47.3 Å². The first-order valence-electron chi connectivity index (χ1n) is 21.2. The number of carbonyl (C=O) groups excluding carboxylic acids is 8. The van der Waals surface area contributed by atoms with Gasteiger partial charge in [-0.25, -0.2) is 4.79 Å². The van der Waals surface area contributed by atoms with Crippen molar-refractivity contribution in [2.75, 3.05) is 0 Å². The van der Waals surface area contributed by atoms with Crippen LogP contribution in [0.4, 0.5) is 0 Å². The van der Waals surface area contributed by atoms with E-state index in [9.17, 15) is 63.3 Å². The lowest BCUT2D eigenvalue weighted by atomic mass is 9.99. The van der Waals surface area contributed by atoms with Crippen molar-refractivity contribution < 1.29 is 63.3 Å². The predicted octanol–water partition coefficient (Wildman–Crippen LogP) is -1.77. The summed E-state index contributed by atoms with van der Waals surface area (Å²) in [6.45, 7) is 20.6. The first-order valence-corrected chi connectivity index (χ1v) is 21.2. The van der Waals surface area contributed by atoms with Gasteiger partial charge in [0, 0.05) is 0 Å². The molecule has 0 spiro atoms. The molecule has 0 aliphatic rings. The molecule has 13 N–H and O–H groups in total. The van der Waals surface area contributed by atoms with Crippen molar-refractivity contribution in [1.29, 1.82) is 0 Å². The van der Waals surface area contributed by atoms with E-state index in [2.05, 4.69) is 42.5 Å². The van der Waals surface area contributed by atoms with Crippen molar-refractivity contribution >= 4 is 59.2 Å². The van der Waals surface area contributed by atoms with Crippen LogP contribution in [0.5, 0.6) is 0 Å². The van der Waals surface area contributed by atoms with Crippen molar-refractivity contribution in [1.82, 2.24) is 42.5 Å². The summed E-state index contributed by atoms with van der Waals surface area (Å²) >= 11 is 0. The number of aliphatic carboxylic acids is 2. The van der Waals surface area contributed by atoms with Crippen LogP contribution in [0.3, 0.4) is 0 Å². The average Bonchev–Trinajstić information content (AvgIpc) is 3.14. The maximum Gasteiger partial charge on any atom is 0.326 e. The quantitative estimate of drug-likeness (QED) is 0.0435. The molecule has 0 aromatic rings. The zero-order valence-electron chi connectivity index (χ0n) is 38.8. The maximum atomic E-state index is 13.6. The van der Waals surface area contributed by atoms with Gasteiger partial charge < -0.3 is 63.6 Å². The first-order chi connectivity index (χ1) is 28.9. The van der Waals surface area contributed by atoms with Gasteiger partial charge in [-0.3, -0.25) is 43.2 Å². The summed E-state index contributed by atoms with van der Waals surface area (Å²) in [6.07, 6.45) is -2.01. The number of amides is 8. The third-order valence-corrected chi connectivity index (χ3v) is 9.70. The van der Waals surface area contributed by atoms with E-state index in [1.165, 1.54) is 34.6 Å². The van der Waals surface area contributed by atoms with Crippen molar-refractivity contribution in [3.63, 3.8) is 0 Å². The Hall–Kier alpha value is -5.38. The molecule has 63 heavy (non-hydrogen) atoms. The SMILES string of the molecule is CC(C)C[C@H](NC(=O)[C@@H](N)CC(C)C)C(=O)N[C@@H](CC(=O)O)C(=O)N[C@H](C(=O)N[C@H](C(=O)N[C@@H](C)C(=O)N[C@@H](C)C(=O)N[C@H](C(=O)N[C@H](C(=O)O)C(C)C)C(C)C)[C@@H](C)O)C(C)C. The number of hydrogen-bond donors (Lipinski definition) is 12. The zero-order chi connectivity index (χ0) is 49.2. The average molecular weight is 900 g/mol. The molecule has 0 aromatic carbocycles. The zero-order valence-corrected chi connectivity index (χ0v) is 38.8. The van der Waals surface area contributed by atoms with Crippen LogP contribution in [0, 0.1) is 29.6 Å². The molecule has 0 heterocycles. The van der Waals surface area contributed by atoms with Crippen molar-refractivity contribution in [3.8, 4) is 0 Å². The lowest BCUT2D eigenvalue weighted by molar-refractivity contribution is -0.144. The van der Waals surface area contributed by atoms with Gasteiger partial charge in [-0.1, -0.05) is 69.2 Å². The van der Waals surface area contributed by atoms with E-state index in [1.54, 1.807) is 41.5 Å². The van der Waals surface area contributed by atoms with E-state index in [0.717, 1.165) is 0 Å². The van der Waals surface area contributed by atoms with Crippen molar-refractivity contribution in [2.45, 2.75) is 170 Å². The second kappa shape index (κ2) is 26.9. The fourth-order valence-corrected chi connectivity index (χ4v) is 6.03. The molecule has 22 heteroatoms. The first kappa shape index (κ1) is 57.6. The van der Waals surface area contributed by atoms with Crippen LogP contribution in [-0.4, -0.2) is 135 Å². The van der Waals surface area contributed by atoms with E-state index in [0.29, 0.717) is 6.42 Å². The molecule has 0 saturated carbocycles. The maximum absolute atomic E-state index is 13.6. The number of nitrogens with one attached hydrogen (secondary N) is 8. The molecule has 22 nitrogen and oxygen atoms in total. The van der Waals surface area contributed by atoms with Crippen molar-refractivity contribution in [3.05, 3.63) is 0 Å². The summed E-state index contributed by atoms with van der Waals surface area (Å²) in [6, 6.07) is -12.0. The number of aliphatic hydroxyl groups excluding tert-OH is 1. The number of hydrogen-bond acceptors (Lipinski definition) is 12. The summed E-state index contributed by atoms with van der Waals surface area (Å²) in [5.74, 6) is -11.4. The third kappa shape index (κ3) is 20.6. The van der Waals surface area contributed by atoms with E-state index in [4.69, 9.17) is 5.73 Å². The molecule has 0 aromatic heterocycles. The molecular formula is C41H73N9O13. The topological polar surface area (TPSA) is 354 Å². The summed E-state index contributed by atoms with van der Waals surface area (Å²) in [4.78, 5) is 129. The minimum absolute atomic E-state index is 0.0793. The lowest BCUT2D eigenvalue weighted by Gasteiger charge is -2.29. The lowest BCUT2D eigenvalue weighted by Crippen LogP contribution is -2.62. The van der Waals surface area contributed by atoms with Gasteiger partial charge in [-0.05, 0) is 63.2 Å². The van der Waals surface area contributed by atoms with Crippen LogP contribution in [0.2, 0.25) is 0 Å². The number of carboxylic acid groups (broad SMARTS) is 2. The van der Waals surface area contributed by atoms with E-state index in [-0.39, 0.29) is 18.3 Å². The second-order valence-corrected chi connectivity index (χ2v) is 17.8. The van der Waals surface area contributed by atoms with E-state index >= 15 is 0 Å². The molecule has 0 fully saturated rings. The van der Waals surface area contributed by atoms with E-state index in [1.807, 2.05) is 13.8 Å². The summed E-state index contributed by atoms with van der Waals surface area (Å²) in [5, 5.41) is 48.9. The molecule has 0 unspecified atom stereocenters. The molecule has 10 atom stereocenters. The highest BCUT2D eigenvalue weighted by molar-refractivity contribution is 5.98.